The van der Waals surface area contributed by atoms with Crippen LogP contribution >= 0.6 is 11.6 Å². The molecule has 0 aliphatic carbocycles. The number of nitrogens with one attached hydrogen (secondary N) is 1. The summed E-state index contributed by atoms with van der Waals surface area (Å²) in [5, 5.41) is 7.47. The van der Waals surface area contributed by atoms with Crippen LogP contribution in [0.25, 0.3) is 11.3 Å². The number of hydrogen-bond donors (Lipinski definition) is 1. The number of amides is 1. The Morgan fingerprint density at radius 3 is 2.57 bits per heavy atom. The summed E-state index contributed by atoms with van der Waals surface area (Å²) in [4.78, 5) is 12.0. The van der Waals surface area contributed by atoms with E-state index in [-0.39, 0.29) is 12.3 Å². The highest BCUT2D eigenvalue weighted by atomic mass is 35.5. The maximum atomic E-state index is 12.0. The van der Waals surface area contributed by atoms with Crippen molar-refractivity contribution in [2.45, 2.75) is 13.0 Å². The van der Waals surface area contributed by atoms with Crippen molar-refractivity contribution in [2.75, 3.05) is 0 Å². The highest BCUT2D eigenvalue weighted by Crippen LogP contribution is 2.22. The number of rotatable bonds is 5. The van der Waals surface area contributed by atoms with E-state index in [4.69, 9.17) is 16.1 Å². The molecule has 3 rings (SSSR count). The first kappa shape index (κ1) is 15.3. The minimum atomic E-state index is -0.0928. The summed E-state index contributed by atoms with van der Waals surface area (Å²) in [6, 6.07) is 18.8. The molecule has 116 valence electrons. The standard InChI is InChI=1S/C18H15ClN2O2/c19-15-8-6-14(7-9-15)17-10-16(21-23-17)11-18(22)20-12-13-4-2-1-3-5-13/h1-10H,11-12H2,(H,20,22). The molecule has 4 nitrogen and oxygen atoms in total. The van der Waals surface area contributed by atoms with Crippen LogP contribution in [0.1, 0.15) is 11.3 Å². The highest BCUT2D eigenvalue weighted by molar-refractivity contribution is 6.30. The van der Waals surface area contributed by atoms with Gasteiger partial charge in [0, 0.05) is 23.2 Å². The van der Waals surface area contributed by atoms with E-state index in [1.165, 1.54) is 0 Å². The van der Waals surface area contributed by atoms with E-state index in [1.54, 1.807) is 18.2 Å². The van der Waals surface area contributed by atoms with Gasteiger partial charge in [-0.3, -0.25) is 4.79 Å². The molecule has 2 aromatic carbocycles. The normalized spacial score (nSPS) is 10.5. The molecule has 1 heterocycles. The van der Waals surface area contributed by atoms with Gasteiger partial charge in [0.25, 0.3) is 0 Å². The van der Waals surface area contributed by atoms with Crippen molar-refractivity contribution >= 4 is 17.5 Å². The molecule has 5 heteroatoms. The number of aromatic nitrogens is 1. The minimum absolute atomic E-state index is 0.0928. The first-order valence-electron chi connectivity index (χ1n) is 7.23. The summed E-state index contributed by atoms with van der Waals surface area (Å²) in [6.45, 7) is 0.502. The average Bonchev–Trinajstić information content (AvgIpc) is 3.03. The van der Waals surface area contributed by atoms with Crippen molar-refractivity contribution in [1.29, 1.82) is 0 Å². The Hall–Kier alpha value is -2.59. The van der Waals surface area contributed by atoms with Gasteiger partial charge in [-0.25, -0.2) is 0 Å². The van der Waals surface area contributed by atoms with Crippen LogP contribution in [-0.4, -0.2) is 11.1 Å². The first-order chi connectivity index (χ1) is 11.2. The molecule has 0 aliphatic rings. The van der Waals surface area contributed by atoms with Gasteiger partial charge in [0.1, 0.15) is 0 Å². The molecule has 23 heavy (non-hydrogen) atoms. The fourth-order valence-corrected chi connectivity index (χ4v) is 2.29. The Labute approximate surface area is 139 Å². The Morgan fingerprint density at radius 1 is 1.09 bits per heavy atom. The lowest BCUT2D eigenvalue weighted by atomic mass is 10.1. The zero-order chi connectivity index (χ0) is 16.1. The lowest BCUT2D eigenvalue weighted by Crippen LogP contribution is -2.24. The molecule has 0 fully saturated rings. The summed E-state index contributed by atoms with van der Waals surface area (Å²) in [7, 11) is 0. The molecular formula is C18H15ClN2O2. The second-order valence-corrected chi connectivity index (χ2v) is 5.56. The summed E-state index contributed by atoms with van der Waals surface area (Å²) in [6.07, 6.45) is 0.184. The van der Waals surface area contributed by atoms with Crippen molar-refractivity contribution in [3.05, 3.63) is 76.9 Å². The number of carbonyl (C=O) groups is 1. The fourth-order valence-electron chi connectivity index (χ4n) is 2.17. The maximum Gasteiger partial charge on any atom is 0.226 e. The van der Waals surface area contributed by atoms with E-state index in [0.29, 0.717) is 23.0 Å². The minimum Gasteiger partial charge on any atom is -0.356 e. The van der Waals surface area contributed by atoms with Crippen molar-refractivity contribution in [1.82, 2.24) is 10.5 Å². The van der Waals surface area contributed by atoms with Crippen LogP contribution in [0.4, 0.5) is 0 Å². The van der Waals surface area contributed by atoms with E-state index >= 15 is 0 Å². The third-order valence-electron chi connectivity index (χ3n) is 3.36. The number of nitrogens with zero attached hydrogens (tertiary/aromatic N) is 1. The average molecular weight is 327 g/mol. The van der Waals surface area contributed by atoms with Crippen molar-refractivity contribution in [3.63, 3.8) is 0 Å². The summed E-state index contributed by atoms with van der Waals surface area (Å²) < 4.78 is 5.28. The molecule has 0 saturated heterocycles. The van der Waals surface area contributed by atoms with E-state index < -0.39 is 0 Å². The van der Waals surface area contributed by atoms with Crippen LogP contribution in [0.15, 0.2) is 65.2 Å². The SMILES string of the molecule is O=C(Cc1cc(-c2ccc(Cl)cc2)on1)NCc1ccccc1. The molecule has 3 aromatic rings. The monoisotopic (exact) mass is 326 g/mol. The van der Waals surface area contributed by atoms with E-state index in [1.807, 2.05) is 42.5 Å². The summed E-state index contributed by atoms with van der Waals surface area (Å²) in [5.74, 6) is 0.525. The lowest BCUT2D eigenvalue weighted by Gasteiger charge is -2.03. The molecule has 0 radical (unpaired) electrons. The van der Waals surface area contributed by atoms with Gasteiger partial charge >= 0.3 is 0 Å². The predicted molar refractivity (Wildman–Crippen MR) is 88.9 cm³/mol. The number of halogens is 1. The molecule has 0 unspecified atom stereocenters. The van der Waals surface area contributed by atoms with Gasteiger partial charge in [0.15, 0.2) is 5.76 Å². The fraction of sp³-hybridized carbons (Fsp3) is 0.111. The van der Waals surface area contributed by atoms with E-state index in [9.17, 15) is 4.79 Å². The van der Waals surface area contributed by atoms with Gasteiger partial charge in [0.2, 0.25) is 5.91 Å². The molecule has 1 aromatic heterocycles. The van der Waals surface area contributed by atoms with Gasteiger partial charge in [-0.1, -0.05) is 47.1 Å². The Kier molecular flexibility index (Phi) is 4.74. The summed E-state index contributed by atoms with van der Waals surface area (Å²) in [5.41, 5.74) is 2.53. The van der Waals surface area contributed by atoms with Crippen molar-refractivity contribution < 1.29 is 9.32 Å². The van der Waals surface area contributed by atoms with E-state index in [0.717, 1.165) is 11.1 Å². The Bertz CT molecular complexity index is 782. The largest absolute Gasteiger partial charge is 0.356 e. The number of carbonyl (C=O) groups excluding carboxylic acids is 1. The summed E-state index contributed by atoms with van der Waals surface area (Å²) >= 11 is 5.86. The molecule has 0 bridgehead atoms. The molecule has 1 N–H and O–H groups in total. The molecule has 0 aliphatic heterocycles. The van der Waals surface area contributed by atoms with Gasteiger partial charge < -0.3 is 9.84 Å². The second kappa shape index (κ2) is 7.11. The van der Waals surface area contributed by atoms with Crippen LogP contribution < -0.4 is 5.32 Å². The van der Waals surface area contributed by atoms with Gasteiger partial charge in [-0.2, -0.15) is 0 Å². The number of hydrogen-bond acceptors (Lipinski definition) is 3. The van der Waals surface area contributed by atoms with Gasteiger partial charge in [0.05, 0.1) is 12.1 Å². The topological polar surface area (TPSA) is 55.1 Å². The predicted octanol–water partition coefficient (Wildman–Crippen LogP) is 3.85. The van der Waals surface area contributed by atoms with Crippen LogP contribution in [0.3, 0.4) is 0 Å². The van der Waals surface area contributed by atoms with Crippen LogP contribution in [0.5, 0.6) is 0 Å². The third-order valence-corrected chi connectivity index (χ3v) is 3.61. The molecule has 1 amide bonds. The molecule has 0 saturated carbocycles. The molecular weight excluding hydrogens is 312 g/mol. The maximum absolute atomic E-state index is 12.0. The third kappa shape index (κ3) is 4.20. The van der Waals surface area contributed by atoms with Crippen LogP contribution in [0, 0.1) is 0 Å². The first-order valence-corrected chi connectivity index (χ1v) is 7.60. The van der Waals surface area contributed by atoms with Crippen molar-refractivity contribution in [3.8, 4) is 11.3 Å². The highest BCUT2D eigenvalue weighted by Gasteiger charge is 2.10. The second-order valence-electron chi connectivity index (χ2n) is 5.13. The molecule has 0 spiro atoms. The van der Waals surface area contributed by atoms with E-state index in [2.05, 4.69) is 10.5 Å². The number of benzene rings is 2. The Balaban J connectivity index is 1.58. The van der Waals surface area contributed by atoms with Gasteiger partial charge in [-0.15, -0.1) is 0 Å². The van der Waals surface area contributed by atoms with Crippen LogP contribution in [0.2, 0.25) is 5.02 Å². The smallest absolute Gasteiger partial charge is 0.226 e. The van der Waals surface area contributed by atoms with Crippen molar-refractivity contribution in [2.24, 2.45) is 0 Å². The lowest BCUT2D eigenvalue weighted by molar-refractivity contribution is -0.120. The Morgan fingerprint density at radius 2 is 1.83 bits per heavy atom. The zero-order valence-corrected chi connectivity index (χ0v) is 13.1. The molecule has 0 atom stereocenters. The zero-order valence-electron chi connectivity index (χ0n) is 12.3. The van der Waals surface area contributed by atoms with Crippen LogP contribution in [-0.2, 0) is 17.8 Å². The quantitative estimate of drug-likeness (QED) is 0.774. The van der Waals surface area contributed by atoms with Gasteiger partial charge in [-0.05, 0) is 29.8 Å².